The molecule has 0 saturated heterocycles. The Bertz CT molecular complexity index is 787. The van der Waals surface area contributed by atoms with Crippen LogP contribution in [0.1, 0.15) is 33.7 Å². The second kappa shape index (κ2) is 10.5. The van der Waals surface area contributed by atoms with Gasteiger partial charge in [0.1, 0.15) is 12.0 Å². The maximum absolute atomic E-state index is 12.4. The summed E-state index contributed by atoms with van der Waals surface area (Å²) in [6, 6.07) is 10.2. The van der Waals surface area contributed by atoms with Crippen LogP contribution in [0.4, 0.5) is 0 Å². The summed E-state index contributed by atoms with van der Waals surface area (Å²) in [6.45, 7) is 2.51. The minimum atomic E-state index is -0.614. The summed E-state index contributed by atoms with van der Waals surface area (Å²) in [7, 11) is 0. The molecule has 0 unspecified atom stereocenters. The molecular weight excluding hydrogens is 372 g/mol. The Morgan fingerprint density at radius 2 is 2.14 bits per heavy atom. The minimum Gasteiger partial charge on any atom is -0.390 e. The Morgan fingerprint density at radius 1 is 1.32 bits per heavy atom. The van der Waals surface area contributed by atoms with Crippen LogP contribution in [-0.4, -0.2) is 63.6 Å². The highest BCUT2D eigenvalue weighted by Gasteiger charge is 2.19. The fourth-order valence-electron chi connectivity index (χ4n) is 3.43. The number of rotatable bonds is 9. The molecular formula is C21H28N4O2S. The molecule has 150 valence electrons. The molecule has 0 radical (unpaired) electrons. The fourth-order valence-corrected chi connectivity index (χ4v) is 3.86. The average Bonchev–Trinajstić information content (AvgIpc) is 2.72. The van der Waals surface area contributed by atoms with E-state index in [9.17, 15) is 9.90 Å². The molecule has 1 aliphatic rings. The van der Waals surface area contributed by atoms with Gasteiger partial charge < -0.3 is 10.4 Å². The Morgan fingerprint density at radius 3 is 2.96 bits per heavy atom. The number of hydrogen-bond donors (Lipinski definition) is 2. The molecule has 0 aliphatic carbocycles. The molecule has 6 nitrogen and oxygen atoms in total. The normalized spacial score (nSPS) is 15.1. The number of β-amino-alcohol motifs (C(OH)–C–C–N with tert-alkyl or cyclic N) is 1. The molecule has 1 amide bonds. The highest BCUT2D eigenvalue weighted by molar-refractivity contribution is 7.98. The maximum atomic E-state index is 12.4. The van der Waals surface area contributed by atoms with Crippen LogP contribution in [0.15, 0.2) is 36.7 Å². The van der Waals surface area contributed by atoms with Gasteiger partial charge >= 0.3 is 0 Å². The molecule has 0 bridgehead atoms. The van der Waals surface area contributed by atoms with E-state index in [0.29, 0.717) is 12.2 Å². The number of aryl methyl sites for hydroxylation is 1. The number of benzene rings is 1. The SMILES string of the molecule is CSCCCc1cc(C(=O)NC[C@H](O)CN2CCc3ccccc3C2)ncn1. The van der Waals surface area contributed by atoms with Crippen molar-refractivity contribution in [3.05, 3.63) is 59.2 Å². The first-order valence-electron chi connectivity index (χ1n) is 9.71. The molecule has 0 fully saturated rings. The lowest BCUT2D eigenvalue weighted by molar-refractivity contribution is 0.0838. The first kappa shape index (κ1) is 20.8. The molecule has 1 aromatic heterocycles. The predicted octanol–water partition coefficient (Wildman–Crippen LogP) is 1.92. The van der Waals surface area contributed by atoms with Crippen LogP contribution in [0, 0.1) is 0 Å². The van der Waals surface area contributed by atoms with Gasteiger partial charge in [-0.15, -0.1) is 0 Å². The van der Waals surface area contributed by atoms with Gasteiger partial charge in [-0.3, -0.25) is 9.69 Å². The second-order valence-electron chi connectivity index (χ2n) is 7.11. The Hall–Kier alpha value is -1.96. The number of hydrogen-bond acceptors (Lipinski definition) is 6. The van der Waals surface area contributed by atoms with Crippen LogP contribution in [0.25, 0.3) is 0 Å². The van der Waals surface area contributed by atoms with Gasteiger partial charge in [-0.25, -0.2) is 9.97 Å². The zero-order valence-electron chi connectivity index (χ0n) is 16.3. The van der Waals surface area contributed by atoms with Crippen molar-refractivity contribution in [3.63, 3.8) is 0 Å². The smallest absolute Gasteiger partial charge is 0.270 e. The number of carbonyl (C=O) groups is 1. The lowest BCUT2D eigenvalue weighted by Crippen LogP contribution is -2.42. The number of nitrogens with zero attached hydrogens (tertiary/aromatic N) is 3. The van der Waals surface area contributed by atoms with E-state index in [0.717, 1.165) is 43.8 Å². The van der Waals surface area contributed by atoms with E-state index < -0.39 is 6.10 Å². The molecule has 2 N–H and O–H groups in total. The average molecular weight is 401 g/mol. The standard InChI is InChI=1S/C21H28N4O2S/c1-28-10-4-7-18-11-20(24-15-23-18)21(27)22-12-19(26)14-25-9-8-16-5-2-3-6-17(16)13-25/h2-3,5-6,11,15,19,26H,4,7-10,12-14H2,1H3,(H,22,27)/t19-/m0/s1. The largest absolute Gasteiger partial charge is 0.390 e. The summed E-state index contributed by atoms with van der Waals surface area (Å²) in [5.74, 6) is 0.801. The molecule has 0 saturated carbocycles. The number of nitrogens with one attached hydrogen (secondary N) is 1. The van der Waals surface area contributed by atoms with Crippen molar-refractivity contribution in [2.24, 2.45) is 0 Å². The first-order chi connectivity index (χ1) is 13.7. The zero-order valence-corrected chi connectivity index (χ0v) is 17.1. The molecule has 0 spiro atoms. The van der Waals surface area contributed by atoms with Crippen molar-refractivity contribution in [2.45, 2.75) is 31.9 Å². The van der Waals surface area contributed by atoms with Gasteiger partial charge in [-0.1, -0.05) is 24.3 Å². The number of carbonyl (C=O) groups excluding carboxylic acids is 1. The van der Waals surface area contributed by atoms with Crippen LogP contribution >= 0.6 is 11.8 Å². The monoisotopic (exact) mass is 400 g/mol. The molecule has 1 atom stereocenters. The summed E-state index contributed by atoms with van der Waals surface area (Å²) in [6.07, 6.45) is 5.75. The lowest BCUT2D eigenvalue weighted by atomic mass is 10.00. The number of fused-ring (bicyclic) bond motifs is 1. The van der Waals surface area contributed by atoms with Crippen LogP contribution in [0.5, 0.6) is 0 Å². The summed E-state index contributed by atoms with van der Waals surface area (Å²) < 4.78 is 0. The summed E-state index contributed by atoms with van der Waals surface area (Å²) in [4.78, 5) is 22.9. The third-order valence-electron chi connectivity index (χ3n) is 4.91. The molecule has 7 heteroatoms. The van der Waals surface area contributed by atoms with Crippen LogP contribution in [0.2, 0.25) is 0 Å². The van der Waals surface area contributed by atoms with Crippen LogP contribution in [0.3, 0.4) is 0 Å². The van der Waals surface area contributed by atoms with E-state index in [1.54, 1.807) is 17.8 Å². The quantitative estimate of drug-likeness (QED) is 0.626. The number of aliphatic hydroxyl groups is 1. The van der Waals surface area contributed by atoms with Crippen molar-refractivity contribution in [1.82, 2.24) is 20.2 Å². The fraction of sp³-hybridized carbons (Fsp3) is 0.476. The van der Waals surface area contributed by atoms with Crippen molar-refractivity contribution in [2.75, 3.05) is 31.6 Å². The Kier molecular flexibility index (Phi) is 7.82. The third kappa shape index (κ3) is 6.02. The van der Waals surface area contributed by atoms with E-state index in [1.165, 1.54) is 17.5 Å². The molecule has 1 aliphatic heterocycles. The first-order valence-corrected chi connectivity index (χ1v) is 11.1. The highest BCUT2D eigenvalue weighted by atomic mass is 32.2. The van der Waals surface area contributed by atoms with Crippen LogP contribution < -0.4 is 5.32 Å². The zero-order chi connectivity index (χ0) is 19.8. The molecule has 2 aromatic rings. The Balaban J connectivity index is 1.45. The number of aromatic nitrogens is 2. The van der Waals surface area contributed by atoms with Gasteiger partial charge in [0.25, 0.3) is 5.91 Å². The molecule has 1 aromatic carbocycles. The maximum Gasteiger partial charge on any atom is 0.270 e. The van der Waals surface area contributed by atoms with E-state index in [2.05, 4.69) is 50.7 Å². The molecule has 28 heavy (non-hydrogen) atoms. The third-order valence-corrected chi connectivity index (χ3v) is 5.61. The van der Waals surface area contributed by atoms with Crippen molar-refractivity contribution < 1.29 is 9.90 Å². The van der Waals surface area contributed by atoms with Crippen molar-refractivity contribution >= 4 is 17.7 Å². The Labute approximate surface area is 170 Å². The molecule has 3 rings (SSSR count). The number of amides is 1. The van der Waals surface area contributed by atoms with E-state index in [4.69, 9.17) is 0 Å². The van der Waals surface area contributed by atoms with E-state index in [1.807, 2.05) is 0 Å². The highest BCUT2D eigenvalue weighted by Crippen LogP contribution is 2.18. The predicted molar refractivity (Wildman–Crippen MR) is 112 cm³/mol. The van der Waals surface area contributed by atoms with Gasteiger partial charge in [-0.2, -0.15) is 11.8 Å². The summed E-state index contributed by atoms with van der Waals surface area (Å²) in [5, 5.41) is 13.1. The minimum absolute atomic E-state index is 0.211. The van der Waals surface area contributed by atoms with Gasteiger partial charge in [0.15, 0.2) is 0 Å². The van der Waals surface area contributed by atoms with Crippen LogP contribution in [-0.2, 0) is 19.4 Å². The second-order valence-corrected chi connectivity index (χ2v) is 8.09. The van der Waals surface area contributed by atoms with Gasteiger partial charge in [0.2, 0.25) is 0 Å². The van der Waals surface area contributed by atoms with Gasteiger partial charge in [0, 0.05) is 31.9 Å². The number of aliphatic hydroxyl groups excluding tert-OH is 1. The lowest BCUT2D eigenvalue weighted by Gasteiger charge is -2.30. The summed E-state index contributed by atoms with van der Waals surface area (Å²) >= 11 is 1.80. The topological polar surface area (TPSA) is 78.4 Å². The summed E-state index contributed by atoms with van der Waals surface area (Å²) in [5.41, 5.74) is 3.94. The number of thioether (sulfide) groups is 1. The van der Waals surface area contributed by atoms with Gasteiger partial charge in [0.05, 0.1) is 6.10 Å². The molecule has 2 heterocycles. The van der Waals surface area contributed by atoms with Gasteiger partial charge in [-0.05, 0) is 48.5 Å². The van der Waals surface area contributed by atoms with E-state index in [-0.39, 0.29) is 12.5 Å². The van der Waals surface area contributed by atoms with Crippen molar-refractivity contribution in [1.29, 1.82) is 0 Å². The van der Waals surface area contributed by atoms with Crippen molar-refractivity contribution in [3.8, 4) is 0 Å². The van der Waals surface area contributed by atoms with E-state index >= 15 is 0 Å².